The zero-order chi connectivity index (χ0) is 18.5. The Morgan fingerprint density at radius 1 is 1.08 bits per heavy atom. The third-order valence-electron chi connectivity index (χ3n) is 5.57. The number of carboxylic acids is 1. The molecule has 2 fully saturated rings. The Bertz CT molecular complexity index is 576. The molecular weight excluding hydrogens is 344 g/mol. The molecule has 7 nitrogen and oxygen atoms in total. The van der Waals surface area contributed by atoms with Crippen LogP contribution in [0.15, 0.2) is 0 Å². The van der Waals surface area contributed by atoms with Crippen molar-refractivity contribution in [3.63, 3.8) is 0 Å². The van der Waals surface area contributed by atoms with Crippen LogP contribution in [0.5, 0.6) is 0 Å². The van der Waals surface area contributed by atoms with Crippen LogP contribution in [0.3, 0.4) is 0 Å². The minimum atomic E-state index is -3.70. The SMILES string of the molecule is CC1CCC(NS(=O)(=O)CC(=O)NCC2(C(=O)O)CCCCC2)CC1. The fraction of sp³-hybridized carbons (Fsp3) is 0.882. The summed E-state index contributed by atoms with van der Waals surface area (Å²) in [6.07, 6.45) is 7.25. The lowest BCUT2D eigenvalue weighted by atomic mass is 9.74. The molecule has 2 aliphatic rings. The minimum Gasteiger partial charge on any atom is -0.481 e. The number of carbonyl (C=O) groups is 2. The number of hydrogen-bond donors (Lipinski definition) is 3. The fourth-order valence-corrected chi connectivity index (χ4v) is 5.13. The molecule has 0 heterocycles. The summed E-state index contributed by atoms with van der Waals surface area (Å²) < 4.78 is 26.9. The Morgan fingerprint density at radius 3 is 2.24 bits per heavy atom. The van der Waals surface area contributed by atoms with E-state index in [1.165, 1.54) is 0 Å². The Hall–Kier alpha value is -1.15. The first-order chi connectivity index (χ1) is 11.7. The van der Waals surface area contributed by atoms with Gasteiger partial charge in [-0.2, -0.15) is 0 Å². The van der Waals surface area contributed by atoms with Crippen LogP contribution in [0.2, 0.25) is 0 Å². The van der Waals surface area contributed by atoms with Crippen molar-refractivity contribution in [1.82, 2.24) is 10.0 Å². The summed E-state index contributed by atoms with van der Waals surface area (Å²) in [5.41, 5.74) is -0.954. The van der Waals surface area contributed by atoms with E-state index in [1.807, 2.05) is 0 Å². The highest BCUT2D eigenvalue weighted by atomic mass is 32.2. The van der Waals surface area contributed by atoms with Gasteiger partial charge in [-0.3, -0.25) is 9.59 Å². The van der Waals surface area contributed by atoms with Gasteiger partial charge in [0.25, 0.3) is 0 Å². The van der Waals surface area contributed by atoms with Crippen molar-refractivity contribution < 1.29 is 23.1 Å². The van der Waals surface area contributed by atoms with Crippen LogP contribution in [-0.4, -0.2) is 43.7 Å². The van der Waals surface area contributed by atoms with Crippen molar-refractivity contribution in [2.24, 2.45) is 11.3 Å². The lowest BCUT2D eigenvalue weighted by Crippen LogP contribution is -2.47. The number of amides is 1. The number of aliphatic carboxylic acids is 1. The Morgan fingerprint density at radius 2 is 1.68 bits per heavy atom. The molecule has 0 saturated heterocycles. The number of rotatable bonds is 7. The summed E-state index contributed by atoms with van der Waals surface area (Å²) in [5, 5.41) is 12.0. The van der Waals surface area contributed by atoms with Crippen molar-refractivity contribution in [2.45, 2.75) is 70.8 Å². The summed E-state index contributed by atoms with van der Waals surface area (Å²) in [7, 11) is -3.70. The smallest absolute Gasteiger partial charge is 0.311 e. The molecule has 0 unspecified atom stereocenters. The summed E-state index contributed by atoms with van der Waals surface area (Å²) in [6.45, 7) is 2.15. The van der Waals surface area contributed by atoms with Gasteiger partial charge in [0.1, 0.15) is 5.75 Å². The highest BCUT2D eigenvalue weighted by Crippen LogP contribution is 2.36. The van der Waals surface area contributed by atoms with Gasteiger partial charge in [0.05, 0.1) is 5.41 Å². The van der Waals surface area contributed by atoms with Crippen molar-refractivity contribution >= 4 is 21.9 Å². The van der Waals surface area contributed by atoms with Gasteiger partial charge in [0, 0.05) is 12.6 Å². The van der Waals surface area contributed by atoms with Gasteiger partial charge in [-0.25, -0.2) is 13.1 Å². The minimum absolute atomic E-state index is 0.00235. The zero-order valence-corrected chi connectivity index (χ0v) is 15.7. The number of carboxylic acid groups (broad SMARTS) is 1. The van der Waals surface area contributed by atoms with E-state index in [1.54, 1.807) is 0 Å². The lowest BCUT2D eigenvalue weighted by Gasteiger charge is -2.33. The summed E-state index contributed by atoms with van der Waals surface area (Å²) in [5.74, 6) is -1.58. The molecule has 2 saturated carbocycles. The third-order valence-corrected chi connectivity index (χ3v) is 6.91. The number of carbonyl (C=O) groups excluding carboxylic acids is 1. The molecule has 3 N–H and O–H groups in total. The van der Waals surface area contributed by atoms with E-state index in [4.69, 9.17) is 0 Å². The van der Waals surface area contributed by atoms with Crippen molar-refractivity contribution in [1.29, 1.82) is 0 Å². The normalized spacial score (nSPS) is 26.8. The van der Waals surface area contributed by atoms with Crippen LogP contribution in [0, 0.1) is 11.3 Å². The largest absolute Gasteiger partial charge is 0.481 e. The molecule has 2 aliphatic carbocycles. The standard InChI is InChI=1S/C17H30N2O5S/c1-13-5-7-14(8-6-13)19-25(23,24)11-15(20)18-12-17(16(21)22)9-3-2-4-10-17/h13-14,19H,2-12H2,1H3,(H,18,20)(H,21,22). The van der Waals surface area contributed by atoms with Crippen LogP contribution in [0.1, 0.15) is 64.7 Å². The first kappa shape index (κ1) is 20.2. The maximum absolute atomic E-state index is 12.2. The van der Waals surface area contributed by atoms with Crippen molar-refractivity contribution in [2.75, 3.05) is 12.3 Å². The van der Waals surface area contributed by atoms with Gasteiger partial charge in [0.15, 0.2) is 0 Å². The molecular formula is C17H30N2O5S. The highest BCUT2D eigenvalue weighted by Gasteiger charge is 2.40. The third kappa shape index (κ3) is 5.95. The zero-order valence-electron chi connectivity index (χ0n) is 14.9. The maximum atomic E-state index is 12.2. The van der Waals surface area contributed by atoms with Crippen LogP contribution in [0.25, 0.3) is 0 Å². The van der Waals surface area contributed by atoms with Gasteiger partial charge < -0.3 is 10.4 Å². The molecule has 0 bridgehead atoms. The summed E-state index contributed by atoms with van der Waals surface area (Å²) in [4.78, 5) is 23.6. The number of nitrogens with one attached hydrogen (secondary N) is 2. The maximum Gasteiger partial charge on any atom is 0.311 e. The lowest BCUT2D eigenvalue weighted by molar-refractivity contribution is -0.151. The van der Waals surface area contributed by atoms with Gasteiger partial charge >= 0.3 is 5.97 Å². The van der Waals surface area contributed by atoms with E-state index in [0.717, 1.165) is 44.9 Å². The molecule has 0 radical (unpaired) electrons. The Balaban J connectivity index is 1.83. The molecule has 8 heteroatoms. The first-order valence-electron chi connectivity index (χ1n) is 9.22. The number of hydrogen-bond acceptors (Lipinski definition) is 4. The average molecular weight is 375 g/mol. The molecule has 1 amide bonds. The van der Waals surface area contributed by atoms with Gasteiger partial charge in [-0.05, 0) is 44.4 Å². The van der Waals surface area contributed by atoms with Crippen LogP contribution < -0.4 is 10.0 Å². The van der Waals surface area contributed by atoms with E-state index < -0.39 is 33.1 Å². The van der Waals surface area contributed by atoms with E-state index in [0.29, 0.717) is 18.8 Å². The van der Waals surface area contributed by atoms with Gasteiger partial charge in [0.2, 0.25) is 15.9 Å². The summed E-state index contributed by atoms with van der Waals surface area (Å²) >= 11 is 0. The molecule has 144 valence electrons. The van der Waals surface area contributed by atoms with E-state index >= 15 is 0 Å². The van der Waals surface area contributed by atoms with Gasteiger partial charge in [-0.15, -0.1) is 0 Å². The second-order valence-electron chi connectivity index (χ2n) is 7.76. The Labute approximate surface area is 150 Å². The molecule has 0 aromatic carbocycles. The monoisotopic (exact) mass is 374 g/mol. The molecule has 2 rings (SSSR count). The molecule has 0 spiro atoms. The summed E-state index contributed by atoms with van der Waals surface area (Å²) in [6, 6.07) is -0.0993. The van der Waals surface area contributed by atoms with Crippen LogP contribution in [0.4, 0.5) is 0 Å². The van der Waals surface area contributed by atoms with E-state index in [2.05, 4.69) is 17.0 Å². The van der Waals surface area contributed by atoms with Crippen LogP contribution >= 0.6 is 0 Å². The highest BCUT2D eigenvalue weighted by molar-refractivity contribution is 7.90. The average Bonchev–Trinajstić information content (AvgIpc) is 2.55. The van der Waals surface area contributed by atoms with E-state index in [9.17, 15) is 23.1 Å². The fourth-order valence-electron chi connectivity index (χ4n) is 3.86. The number of sulfonamides is 1. The first-order valence-corrected chi connectivity index (χ1v) is 10.9. The van der Waals surface area contributed by atoms with Gasteiger partial charge in [-0.1, -0.05) is 26.2 Å². The van der Waals surface area contributed by atoms with E-state index in [-0.39, 0.29) is 12.6 Å². The molecule has 0 aromatic heterocycles. The van der Waals surface area contributed by atoms with Crippen molar-refractivity contribution in [3.8, 4) is 0 Å². The second-order valence-corrected chi connectivity index (χ2v) is 9.51. The predicted octanol–water partition coefficient (Wildman–Crippen LogP) is 1.64. The molecule has 25 heavy (non-hydrogen) atoms. The molecule has 0 atom stereocenters. The quantitative estimate of drug-likeness (QED) is 0.627. The van der Waals surface area contributed by atoms with Crippen molar-refractivity contribution in [3.05, 3.63) is 0 Å². The molecule has 0 aromatic rings. The predicted molar refractivity (Wildman–Crippen MR) is 94.5 cm³/mol. The Kier molecular flexibility index (Phi) is 6.85. The van der Waals surface area contributed by atoms with Crippen LogP contribution in [-0.2, 0) is 19.6 Å². The molecule has 0 aliphatic heterocycles. The second kappa shape index (κ2) is 8.49. The topological polar surface area (TPSA) is 113 Å².